The standard InChI is InChI=1S/C13H17ClO4S/c1-9(12(15)18-13(2,3)4)19(16,17)11-7-5-10(14)6-8-11/h5-9H,1-4H3. The van der Waals surface area contributed by atoms with E-state index in [-0.39, 0.29) is 4.90 Å². The lowest BCUT2D eigenvalue weighted by molar-refractivity contribution is -0.153. The zero-order valence-electron chi connectivity index (χ0n) is 11.3. The quantitative estimate of drug-likeness (QED) is 0.806. The molecule has 0 saturated heterocycles. The summed E-state index contributed by atoms with van der Waals surface area (Å²) in [4.78, 5) is 11.9. The Balaban J connectivity index is 3.00. The van der Waals surface area contributed by atoms with Crippen LogP contribution in [0.3, 0.4) is 0 Å². The number of ether oxygens (including phenoxy) is 1. The van der Waals surface area contributed by atoms with E-state index in [1.807, 2.05) is 0 Å². The summed E-state index contributed by atoms with van der Waals surface area (Å²) < 4.78 is 29.5. The summed E-state index contributed by atoms with van der Waals surface area (Å²) in [6.45, 7) is 6.38. The fraction of sp³-hybridized carbons (Fsp3) is 0.462. The van der Waals surface area contributed by atoms with Gasteiger partial charge in [0.2, 0.25) is 0 Å². The molecule has 1 atom stereocenters. The highest BCUT2D eigenvalue weighted by atomic mass is 35.5. The van der Waals surface area contributed by atoms with Crippen LogP contribution in [-0.4, -0.2) is 25.2 Å². The van der Waals surface area contributed by atoms with Gasteiger partial charge in [-0.3, -0.25) is 4.79 Å². The first-order valence-electron chi connectivity index (χ1n) is 5.76. The molecule has 0 bridgehead atoms. The lowest BCUT2D eigenvalue weighted by Crippen LogP contribution is -2.35. The van der Waals surface area contributed by atoms with E-state index in [0.717, 1.165) is 0 Å². The minimum atomic E-state index is -3.76. The van der Waals surface area contributed by atoms with Crippen LogP contribution in [0.2, 0.25) is 5.02 Å². The fourth-order valence-corrected chi connectivity index (χ4v) is 2.69. The second-order valence-corrected chi connectivity index (χ2v) is 7.88. The predicted molar refractivity (Wildman–Crippen MR) is 73.9 cm³/mol. The summed E-state index contributed by atoms with van der Waals surface area (Å²) in [6, 6.07) is 5.68. The number of benzene rings is 1. The predicted octanol–water partition coefficient (Wildman–Crippen LogP) is 2.84. The second-order valence-electron chi connectivity index (χ2n) is 5.17. The van der Waals surface area contributed by atoms with Crippen LogP contribution in [0, 0.1) is 0 Å². The van der Waals surface area contributed by atoms with Gasteiger partial charge in [-0.2, -0.15) is 0 Å². The van der Waals surface area contributed by atoms with Crippen molar-refractivity contribution in [3.63, 3.8) is 0 Å². The summed E-state index contributed by atoms with van der Waals surface area (Å²) in [7, 11) is -3.76. The number of hydrogen-bond donors (Lipinski definition) is 0. The topological polar surface area (TPSA) is 60.4 Å². The third-order valence-corrected chi connectivity index (χ3v) is 4.65. The van der Waals surface area contributed by atoms with Crippen molar-refractivity contribution in [2.45, 2.75) is 43.4 Å². The minimum absolute atomic E-state index is 0.0512. The van der Waals surface area contributed by atoms with Gasteiger partial charge in [0.15, 0.2) is 15.1 Å². The molecule has 0 radical (unpaired) electrons. The van der Waals surface area contributed by atoms with Crippen molar-refractivity contribution >= 4 is 27.4 Å². The van der Waals surface area contributed by atoms with E-state index < -0.39 is 26.7 Å². The normalized spacial score (nSPS) is 13.9. The van der Waals surface area contributed by atoms with Gasteiger partial charge in [0.05, 0.1) is 4.90 Å². The van der Waals surface area contributed by atoms with E-state index in [1.54, 1.807) is 20.8 Å². The third-order valence-electron chi connectivity index (χ3n) is 2.35. The van der Waals surface area contributed by atoms with Crippen molar-refractivity contribution in [1.82, 2.24) is 0 Å². The Kier molecular flexibility index (Phi) is 4.63. The summed E-state index contributed by atoms with van der Waals surface area (Å²) in [5.74, 6) is -0.762. The molecular weight excluding hydrogens is 288 g/mol. The average Bonchev–Trinajstić information content (AvgIpc) is 2.26. The number of esters is 1. The van der Waals surface area contributed by atoms with E-state index in [2.05, 4.69) is 0 Å². The molecule has 4 nitrogen and oxygen atoms in total. The number of sulfone groups is 1. The lowest BCUT2D eigenvalue weighted by atomic mass is 10.2. The Hall–Kier alpha value is -1.07. The first-order valence-corrected chi connectivity index (χ1v) is 7.69. The van der Waals surface area contributed by atoms with Crippen LogP contribution in [0.1, 0.15) is 27.7 Å². The summed E-state index contributed by atoms with van der Waals surface area (Å²) in [5, 5.41) is -0.822. The number of carbonyl (C=O) groups excluding carboxylic acids is 1. The highest BCUT2D eigenvalue weighted by Crippen LogP contribution is 2.21. The molecule has 0 aliphatic rings. The first-order chi connectivity index (χ1) is 8.54. The number of halogens is 1. The number of rotatable bonds is 3. The molecule has 0 aromatic heterocycles. The molecule has 1 rings (SSSR count). The van der Waals surface area contributed by atoms with Gasteiger partial charge in [-0.05, 0) is 52.0 Å². The van der Waals surface area contributed by atoms with Crippen molar-refractivity contribution in [2.75, 3.05) is 0 Å². The summed E-state index contributed by atoms with van der Waals surface area (Å²) in [6.07, 6.45) is 0. The zero-order chi connectivity index (χ0) is 14.8. The molecule has 0 spiro atoms. The molecule has 106 valence electrons. The Bertz CT molecular complexity index is 555. The van der Waals surface area contributed by atoms with Gasteiger partial charge < -0.3 is 4.74 Å². The Morgan fingerprint density at radius 3 is 2.11 bits per heavy atom. The van der Waals surface area contributed by atoms with Crippen molar-refractivity contribution in [1.29, 1.82) is 0 Å². The van der Waals surface area contributed by atoms with Crippen LogP contribution in [0.4, 0.5) is 0 Å². The third kappa shape index (κ3) is 4.21. The largest absolute Gasteiger partial charge is 0.459 e. The van der Waals surface area contributed by atoms with Crippen LogP contribution in [-0.2, 0) is 19.4 Å². The van der Waals surface area contributed by atoms with E-state index in [1.165, 1.54) is 31.2 Å². The molecule has 0 heterocycles. The van der Waals surface area contributed by atoms with Crippen LogP contribution >= 0.6 is 11.6 Å². The van der Waals surface area contributed by atoms with Gasteiger partial charge in [0, 0.05) is 5.02 Å². The fourth-order valence-electron chi connectivity index (χ4n) is 1.34. The monoisotopic (exact) mass is 304 g/mol. The first kappa shape index (κ1) is 16.0. The maximum Gasteiger partial charge on any atom is 0.324 e. The molecule has 1 aromatic rings. The second kappa shape index (κ2) is 5.51. The Labute approximate surface area is 118 Å². The molecule has 0 fully saturated rings. The van der Waals surface area contributed by atoms with Gasteiger partial charge in [-0.15, -0.1) is 0 Å². The highest BCUT2D eigenvalue weighted by Gasteiger charge is 2.33. The highest BCUT2D eigenvalue weighted by molar-refractivity contribution is 7.92. The van der Waals surface area contributed by atoms with Gasteiger partial charge in [-0.25, -0.2) is 8.42 Å². The number of hydrogen-bond acceptors (Lipinski definition) is 4. The summed E-state index contributed by atoms with van der Waals surface area (Å²) in [5.41, 5.74) is -0.721. The summed E-state index contributed by atoms with van der Waals surface area (Å²) >= 11 is 5.70. The van der Waals surface area contributed by atoms with Gasteiger partial charge in [0.25, 0.3) is 0 Å². The van der Waals surface area contributed by atoms with E-state index in [9.17, 15) is 13.2 Å². The Morgan fingerprint density at radius 2 is 1.68 bits per heavy atom. The SMILES string of the molecule is CC(C(=O)OC(C)(C)C)S(=O)(=O)c1ccc(Cl)cc1. The van der Waals surface area contributed by atoms with Crippen molar-refractivity contribution < 1.29 is 17.9 Å². The van der Waals surface area contributed by atoms with Crippen molar-refractivity contribution in [3.8, 4) is 0 Å². The minimum Gasteiger partial charge on any atom is -0.459 e. The van der Waals surface area contributed by atoms with Crippen LogP contribution in [0.5, 0.6) is 0 Å². The molecule has 1 unspecified atom stereocenters. The van der Waals surface area contributed by atoms with Gasteiger partial charge in [0.1, 0.15) is 5.60 Å². The molecule has 0 saturated carbocycles. The smallest absolute Gasteiger partial charge is 0.324 e. The van der Waals surface area contributed by atoms with Gasteiger partial charge >= 0.3 is 5.97 Å². The van der Waals surface area contributed by atoms with E-state index in [0.29, 0.717) is 5.02 Å². The molecule has 1 aromatic carbocycles. The van der Waals surface area contributed by atoms with Crippen LogP contribution in [0.15, 0.2) is 29.2 Å². The van der Waals surface area contributed by atoms with Crippen LogP contribution < -0.4 is 0 Å². The van der Waals surface area contributed by atoms with E-state index >= 15 is 0 Å². The van der Waals surface area contributed by atoms with Crippen molar-refractivity contribution in [3.05, 3.63) is 29.3 Å². The van der Waals surface area contributed by atoms with E-state index in [4.69, 9.17) is 16.3 Å². The maximum absolute atomic E-state index is 12.2. The zero-order valence-corrected chi connectivity index (χ0v) is 12.9. The van der Waals surface area contributed by atoms with Crippen molar-refractivity contribution in [2.24, 2.45) is 0 Å². The molecule has 6 heteroatoms. The van der Waals surface area contributed by atoms with Crippen LogP contribution in [0.25, 0.3) is 0 Å². The molecular formula is C13H17ClO4S. The molecule has 0 N–H and O–H groups in total. The Morgan fingerprint density at radius 1 is 1.21 bits per heavy atom. The molecule has 19 heavy (non-hydrogen) atoms. The lowest BCUT2D eigenvalue weighted by Gasteiger charge is -2.22. The van der Waals surface area contributed by atoms with Gasteiger partial charge in [-0.1, -0.05) is 11.6 Å². The number of carbonyl (C=O) groups is 1. The maximum atomic E-state index is 12.2. The average molecular weight is 305 g/mol. The molecule has 0 amide bonds. The molecule has 0 aliphatic carbocycles. The molecule has 0 aliphatic heterocycles.